The summed E-state index contributed by atoms with van der Waals surface area (Å²) in [6.45, 7) is 6.32. The minimum Gasteiger partial charge on any atom is -0.444 e. The van der Waals surface area contributed by atoms with Crippen molar-refractivity contribution >= 4 is 36.2 Å². The van der Waals surface area contributed by atoms with Crippen molar-refractivity contribution in [1.82, 2.24) is 14.9 Å². The minimum atomic E-state index is -0.485. The largest absolute Gasteiger partial charge is 0.444 e. The van der Waals surface area contributed by atoms with Crippen LogP contribution in [0.1, 0.15) is 51.2 Å². The van der Waals surface area contributed by atoms with Crippen molar-refractivity contribution in [2.24, 2.45) is 0 Å². The molecule has 1 N–H and O–H groups in total. The van der Waals surface area contributed by atoms with E-state index >= 15 is 0 Å². The lowest BCUT2D eigenvalue weighted by atomic mass is 10.2. The van der Waals surface area contributed by atoms with Crippen LogP contribution in [0.5, 0.6) is 0 Å². The highest BCUT2D eigenvalue weighted by molar-refractivity contribution is 14.2. The number of halogens is 1. The van der Waals surface area contributed by atoms with Gasteiger partial charge in [-0.2, -0.15) is 0 Å². The molecule has 1 aromatic heterocycles. The third kappa shape index (κ3) is 4.54. The number of rotatable bonds is 1. The van der Waals surface area contributed by atoms with Crippen molar-refractivity contribution in [3.8, 4) is 11.2 Å². The number of nitrogens with zero attached hydrogens (tertiary/aromatic N) is 2. The Morgan fingerprint density at radius 3 is 3.05 bits per heavy atom. The lowest BCUT2D eigenvalue weighted by Gasteiger charge is -2.27. The Balaban J connectivity index is 2.11. The molecule has 2 rings (SSSR count). The summed E-state index contributed by atoms with van der Waals surface area (Å²) in [5.41, 5.74) is 0.284. The fourth-order valence-electron chi connectivity index (χ4n) is 2.23. The van der Waals surface area contributed by atoms with Gasteiger partial charge < -0.3 is 9.72 Å². The second-order valence-electron chi connectivity index (χ2n) is 5.82. The zero-order valence-electron chi connectivity index (χ0n) is 12.3. The number of carbonyl (C=O) groups is 1. The predicted molar refractivity (Wildman–Crippen MR) is 92.0 cm³/mol. The average molecular weight is 419 g/mol. The molecule has 1 saturated heterocycles. The van der Waals surface area contributed by atoms with E-state index in [2.05, 4.69) is 42.3 Å². The molecule has 21 heavy (non-hydrogen) atoms. The summed E-state index contributed by atoms with van der Waals surface area (Å²) in [4.78, 5) is 21.5. The van der Waals surface area contributed by atoms with Crippen LogP contribution in [0.4, 0.5) is 4.79 Å². The predicted octanol–water partition coefficient (Wildman–Crippen LogP) is 3.87. The number of H-pyrrole nitrogens is 1. The SMILES string of the molecule is CC(C)(C)OC(=O)N1CCC[C@H]1c1ncc(C#CSI)[nH]1. The number of nitrogens with one attached hydrogen (secondary N) is 1. The van der Waals surface area contributed by atoms with Crippen LogP contribution in [0.25, 0.3) is 0 Å². The molecule has 2 heterocycles. The van der Waals surface area contributed by atoms with Gasteiger partial charge in [0.1, 0.15) is 17.1 Å². The molecule has 1 amide bonds. The van der Waals surface area contributed by atoms with Crippen molar-refractivity contribution in [1.29, 1.82) is 0 Å². The molecule has 1 fully saturated rings. The summed E-state index contributed by atoms with van der Waals surface area (Å²) in [7, 11) is 1.43. The average Bonchev–Trinajstić information content (AvgIpc) is 3.02. The lowest BCUT2D eigenvalue weighted by molar-refractivity contribution is 0.0218. The number of amides is 1. The van der Waals surface area contributed by atoms with Gasteiger partial charge in [0.15, 0.2) is 0 Å². The van der Waals surface area contributed by atoms with E-state index in [0.29, 0.717) is 6.54 Å². The van der Waals surface area contributed by atoms with Gasteiger partial charge in [0.25, 0.3) is 0 Å². The van der Waals surface area contributed by atoms with Crippen LogP contribution < -0.4 is 0 Å². The maximum absolute atomic E-state index is 12.3. The highest BCUT2D eigenvalue weighted by Crippen LogP contribution is 2.31. The van der Waals surface area contributed by atoms with Crippen molar-refractivity contribution in [3.63, 3.8) is 0 Å². The molecule has 1 aromatic rings. The zero-order valence-corrected chi connectivity index (χ0v) is 15.2. The summed E-state index contributed by atoms with van der Waals surface area (Å²) in [6.07, 6.45) is 3.27. The monoisotopic (exact) mass is 419 g/mol. The Morgan fingerprint density at radius 2 is 2.38 bits per heavy atom. The van der Waals surface area contributed by atoms with E-state index in [1.807, 2.05) is 20.8 Å². The molecule has 114 valence electrons. The first-order chi connectivity index (χ1) is 9.90. The molecular formula is C14H18IN3O2S. The number of aromatic nitrogens is 2. The molecule has 0 aliphatic carbocycles. The van der Waals surface area contributed by atoms with Crippen LogP contribution >= 0.6 is 30.1 Å². The summed E-state index contributed by atoms with van der Waals surface area (Å²) < 4.78 is 5.46. The van der Waals surface area contributed by atoms with Crippen LogP contribution in [0.2, 0.25) is 0 Å². The second kappa shape index (κ2) is 6.92. The van der Waals surface area contributed by atoms with E-state index in [9.17, 15) is 4.79 Å². The molecule has 0 spiro atoms. The van der Waals surface area contributed by atoms with Gasteiger partial charge >= 0.3 is 6.09 Å². The van der Waals surface area contributed by atoms with E-state index in [1.165, 1.54) is 8.93 Å². The Kier molecular flexibility index (Phi) is 5.43. The molecule has 1 aliphatic rings. The van der Waals surface area contributed by atoms with Crippen molar-refractivity contribution < 1.29 is 9.53 Å². The van der Waals surface area contributed by atoms with Crippen LogP contribution in [-0.2, 0) is 4.74 Å². The summed E-state index contributed by atoms with van der Waals surface area (Å²) >= 11 is 2.12. The number of hydrogen-bond acceptors (Lipinski definition) is 4. The zero-order chi connectivity index (χ0) is 15.5. The van der Waals surface area contributed by atoms with Gasteiger partial charge in [0.05, 0.1) is 12.2 Å². The van der Waals surface area contributed by atoms with Gasteiger partial charge in [-0.25, -0.2) is 9.78 Å². The first kappa shape index (κ1) is 16.5. The molecule has 0 aromatic carbocycles. The van der Waals surface area contributed by atoms with E-state index in [1.54, 1.807) is 11.1 Å². The summed E-state index contributed by atoms with van der Waals surface area (Å²) in [5, 5.41) is 2.91. The fourth-order valence-corrected chi connectivity index (χ4v) is 2.71. The minimum absolute atomic E-state index is 0.0531. The van der Waals surface area contributed by atoms with Crippen molar-refractivity contribution in [2.45, 2.75) is 45.3 Å². The highest BCUT2D eigenvalue weighted by Gasteiger charge is 2.34. The van der Waals surface area contributed by atoms with E-state index in [-0.39, 0.29) is 12.1 Å². The van der Waals surface area contributed by atoms with E-state index in [4.69, 9.17) is 4.74 Å². The van der Waals surface area contributed by atoms with Crippen LogP contribution in [0.15, 0.2) is 6.20 Å². The number of likely N-dealkylation sites (tertiary alicyclic amines) is 1. The maximum atomic E-state index is 12.3. The van der Waals surface area contributed by atoms with Gasteiger partial charge in [0, 0.05) is 27.8 Å². The summed E-state index contributed by atoms with van der Waals surface area (Å²) in [6, 6.07) is -0.0531. The molecule has 0 bridgehead atoms. The number of imidazole rings is 1. The van der Waals surface area contributed by atoms with Gasteiger partial charge in [-0.15, -0.1) is 0 Å². The number of carbonyl (C=O) groups excluding carboxylic acids is 1. The van der Waals surface area contributed by atoms with Crippen molar-refractivity contribution in [2.75, 3.05) is 6.54 Å². The van der Waals surface area contributed by atoms with E-state index < -0.39 is 5.60 Å². The molecule has 0 unspecified atom stereocenters. The van der Waals surface area contributed by atoms with Crippen molar-refractivity contribution in [3.05, 3.63) is 17.7 Å². The Bertz CT molecular complexity index is 571. The lowest BCUT2D eigenvalue weighted by Crippen LogP contribution is -2.36. The number of ether oxygens (including phenoxy) is 1. The van der Waals surface area contributed by atoms with Gasteiger partial charge in [-0.1, -0.05) is 0 Å². The third-order valence-corrected chi connectivity index (χ3v) is 3.86. The number of hydrogen-bond donors (Lipinski definition) is 1. The highest BCUT2D eigenvalue weighted by atomic mass is 127. The number of aromatic amines is 1. The Hall–Kier alpha value is -0.880. The van der Waals surface area contributed by atoms with Gasteiger partial charge in [-0.3, -0.25) is 4.90 Å². The van der Waals surface area contributed by atoms with Gasteiger partial charge in [-0.05, 0) is 53.7 Å². The molecule has 5 nitrogen and oxygen atoms in total. The normalized spacial score (nSPS) is 18.3. The summed E-state index contributed by atoms with van der Waals surface area (Å²) in [5.74, 6) is 3.75. The quantitative estimate of drug-likeness (QED) is 0.555. The van der Waals surface area contributed by atoms with Crippen LogP contribution in [0, 0.1) is 11.2 Å². The Labute approximate surface area is 141 Å². The van der Waals surface area contributed by atoms with Crippen LogP contribution in [0.3, 0.4) is 0 Å². The maximum Gasteiger partial charge on any atom is 0.410 e. The standard InChI is InChI=1S/C14H18IN3O2S/c1-14(2,3)20-13(19)18-7-4-5-11(18)12-16-9-10(17-12)6-8-21-15/h9,11H,4-5,7H2,1-3H3,(H,16,17)/t11-/m0/s1. The molecule has 7 heteroatoms. The molecular weight excluding hydrogens is 401 g/mol. The first-order valence-electron chi connectivity index (χ1n) is 6.74. The third-order valence-electron chi connectivity index (χ3n) is 3.02. The molecule has 0 radical (unpaired) electrons. The fraction of sp³-hybridized carbons (Fsp3) is 0.571. The smallest absolute Gasteiger partial charge is 0.410 e. The molecule has 1 aliphatic heterocycles. The molecule has 0 saturated carbocycles. The van der Waals surface area contributed by atoms with E-state index in [0.717, 1.165) is 24.4 Å². The molecule has 1 atom stereocenters. The second-order valence-corrected chi connectivity index (χ2v) is 7.50. The first-order valence-corrected chi connectivity index (χ1v) is 10.1. The Morgan fingerprint density at radius 1 is 1.62 bits per heavy atom. The van der Waals surface area contributed by atoms with Crippen LogP contribution in [-0.4, -0.2) is 33.1 Å². The topological polar surface area (TPSA) is 58.2 Å². The van der Waals surface area contributed by atoms with Gasteiger partial charge in [0.2, 0.25) is 0 Å².